The van der Waals surface area contributed by atoms with Crippen LogP contribution in [0.3, 0.4) is 0 Å². The Balaban J connectivity index is 1.82. The number of nitriles is 1. The summed E-state index contributed by atoms with van der Waals surface area (Å²) in [6, 6.07) is 15.9. The first-order valence-corrected chi connectivity index (χ1v) is 7.90. The number of anilines is 1. The normalized spacial score (nSPS) is 9.69. The molecule has 0 radical (unpaired) electrons. The van der Waals surface area contributed by atoms with Crippen LogP contribution in [0.4, 0.5) is 5.69 Å². The van der Waals surface area contributed by atoms with E-state index in [1.165, 1.54) is 7.11 Å². The van der Waals surface area contributed by atoms with Crippen molar-refractivity contribution in [3.05, 3.63) is 54.1 Å². The third kappa shape index (κ3) is 5.83. The molecule has 0 aliphatic heterocycles. The Labute approximate surface area is 151 Å². The number of ether oxygens (including phenoxy) is 2. The number of carbonyl (C=O) groups excluding carboxylic acids is 2. The van der Waals surface area contributed by atoms with E-state index in [4.69, 9.17) is 14.7 Å². The zero-order chi connectivity index (χ0) is 18.8. The summed E-state index contributed by atoms with van der Waals surface area (Å²) in [5.74, 6) is 0.432. The topological polar surface area (TPSA) is 100 Å². The Bertz CT molecular complexity index is 797. The van der Waals surface area contributed by atoms with E-state index in [2.05, 4.69) is 10.6 Å². The summed E-state index contributed by atoms with van der Waals surface area (Å²) in [5, 5.41) is 13.8. The molecule has 2 N–H and O–H groups in total. The van der Waals surface area contributed by atoms with E-state index >= 15 is 0 Å². The van der Waals surface area contributed by atoms with Gasteiger partial charge in [0, 0.05) is 12.2 Å². The number of hydrogen-bond donors (Lipinski definition) is 2. The number of para-hydroxylation sites is 2. The fourth-order valence-corrected chi connectivity index (χ4v) is 2.12. The third-order valence-electron chi connectivity index (χ3n) is 3.39. The minimum atomic E-state index is -0.321. The van der Waals surface area contributed by atoms with Crippen LogP contribution in [-0.2, 0) is 16.1 Å². The Hall–Kier alpha value is -3.53. The van der Waals surface area contributed by atoms with Crippen LogP contribution in [0.25, 0.3) is 0 Å². The lowest BCUT2D eigenvalue weighted by Gasteiger charge is -2.11. The number of methoxy groups -OCH3 is 1. The second kappa shape index (κ2) is 9.69. The zero-order valence-corrected chi connectivity index (χ0v) is 14.3. The lowest BCUT2D eigenvalue weighted by molar-refractivity contribution is -0.120. The fraction of sp³-hybridized carbons (Fsp3) is 0.211. The van der Waals surface area contributed by atoms with Gasteiger partial charge in [0.25, 0.3) is 5.91 Å². The van der Waals surface area contributed by atoms with Crippen molar-refractivity contribution in [3.63, 3.8) is 0 Å². The van der Waals surface area contributed by atoms with Gasteiger partial charge in [-0.1, -0.05) is 24.3 Å². The van der Waals surface area contributed by atoms with Crippen LogP contribution in [0.15, 0.2) is 48.5 Å². The van der Waals surface area contributed by atoms with Gasteiger partial charge in [-0.2, -0.15) is 5.26 Å². The Morgan fingerprint density at radius 1 is 1.04 bits per heavy atom. The predicted octanol–water partition coefficient (Wildman–Crippen LogP) is 2.24. The molecule has 0 saturated heterocycles. The molecule has 0 unspecified atom stereocenters. The van der Waals surface area contributed by atoms with Crippen molar-refractivity contribution in [1.29, 1.82) is 5.26 Å². The number of hydrogen-bond acceptors (Lipinski definition) is 5. The maximum Gasteiger partial charge on any atom is 0.262 e. The van der Waals surface area contributed by atoms with Gasteiger partial charge >= 0.3 is 0 Å². The van der Waals surface area contributed by atoms with Crippen LogP contribution in [-0.4, -0.2) is 25.5 Å². The summed E-state index contributed by atoms with van der Waals surface area (Å²) >= 11 is 0. The van der Waals surface area contributed by atoms with Gasteiger partial charge in [-0.05, 0) is 29.8 Å². The van der Waals surface area contributed by atoms with Crippen molar-refractivity contribution in [1.82, 2.24) is 5.32 Å². The molecule has 7 nitrogen and oxygen atoms in total. The van der Waals surface area contributed by atoms with Crippen molar-refractivity contribution in [2.24, 2.45) is 0 Å². The Kier molecular flexibility index (Phi) is 7.01. The minimum Gasteiger partial charge on any atom is -0.493 e. The third-order valence-corrected chi connectivity index (χ3v) is 3.39. The highest BCUT2D eigenvalue weighted by atomic mass is 16.5. The van der Waals surface area contributed by atoms with Gasteiger partial charge in [-0.3, -0.25) is 9.59 Å². The molecule has 2 aromatic rings. The molecule has 0 aliphatic rings. The molecular weight excluding hydrogens is 334 g/mol. The van der Waals surface area contributed by atoms with Crippen molar-refractivity contribution in [2.75, 3.05) is 19.0 Å². The standard InChI is InChI=1S/C19H19N3O4/c1-25-16-4-2-3-5-17(16)26-13-19(24)22-15-8-6-14(7-9-15)12-21-18(23)10-11-20/h2-9H,10,12-13H2,1H3,(H,21,23)(H,22,24). The molecule has 2 aromatic carbocycles. The second-order valence-corrected chi connectivity index (χ2v) is 5.30. The molecule has 2 rings (SSSR count). The largest absolute Gasteiger partial charge is 0.493 e. The first-order valence-electron chi connectivity index (χ1n) is 7.90. The van der Waals surface area contributed by atoms with E-state index in [1.807, 2.05) is 6.07 Å². The SMILES string of the molecule is COc1ccccc1OCC(=O)Nc1ccc(CNC(=O)CC#N)cc1. The highest BCUT2D eigenvalue weighted by Gasteiger charge is 2.07. The van der Waals surface area contributed by atoms with E-state index in [0.717, 1.165) is 5.56 Å². The zero-order valence-electron chi connectivity index (χ0n) is 14.3. The van der Waals surface area contributed by atoms with Crippen molar-refractivity contribution in [3.8, 4) is 17.6 Å². The number of benzene rings is 2. The number of amides is 2. The van der Waals surface area contributed by atoms with Crippen LogP contribution in [0.1, 0.15) is 12.0 Å². The first kappa shape index (κ1) is 18.8. The van der Waals surface area contributed by atoms with Crippen LogP contribution >= 0.6 is 0 Å². The van der Waals surface area contributed by atoms with Crippen LogP contribution < -0.4 is 20.1 Å². The van der Waals surface area contributed by atoms with Crippen molar-refractivity contribution < 1.29 is 19.1 Å². The van der Waals surface area contributed by atoms with Gasteiger partial charge in [0.1, 0.15) is 6.42 Å². The Morgan fingerprint density at radius 2 is 1.73 bits per heavy atom. The van der Waals surface area contributed by atoms with Gasteiger partial charge < -0.3 is 20.1 Å². The molecule has 134 valence electrons. The summed E-state index contributed by atoms with van der Waals surface area (Å²) < 4.78 is 10.6. The number of nitrogens with one attached hydrogen (secondary N) is 2. The predicted molar refractivity (Wildman–Crippen MR) is 95.6 cm³/mol. The van der Waals surface area contributed by atoms with Gasteiger partial charge in [0.2, 0.25) is 5.91 Å². The fourth-order valence-electron chi connectivity index (χ4n) is 2.12. The molecule has 0 atom stereocenters. The molecule has 0 spiro atoms. The lowest BCUT2D eigenvalue weighted by atomic mass is 10.2. The minimum absolute atomic E-state index is 0.146. The van der Waals surface area contributed by atoms with E-state index in [1.54, 1.807) is 48.5 Å². The maximum absolute atomic E-state index is 12.0. The summed E-state index contributed by atoms with van der Waals surface area (Å²) in [4.78, 5) is 23.2. The quantitative estimate of drug-likeness (QED) is 0.758. The van der Waals surface area contributed by atoms with E-state index in [-0.39, 0.29) is 24.8 Å². The second-order valence-electron chi connectivity index (χ2n) is 5.30. The lowest BCUT2D eigenvalue weighted by Crippen LogP contribution is -2.22. The monoisotopic (exact) mass is 353 g/mol. The van der Waals surface area contributed by atoms with E-state index in [9.17, 15) is 9.59 Å². The number of carbonyl (C=O) groups is 2. The highest BCUT2D eigenvalue weighted by molar-refractivity contribution is 5.91. The summed E-state index contributed by atoms with van der Waals surface area (Å²) in [7, 11) is 1.53. The molecule has 0 aromatic heterocycles. The van der Waals surface area contributed by atoms with Gasteiger partial charge in [-0.25, -0.2) is 0 Å². The average Bonchev–Trinajstić information content (AvgIpc) is 2.66. The van der Waals surface area contributed by atoms with Crippen LogP contribution in [0, 0.1) is 11.3 Å². The van der Waals surface area contributed by atoms with Gasteiger partial charge in [-0.15, -0.1) is 0 Å². The van der Waals surface area contributed by atoms with Crippen LogP contribution in [0.2, 0.25) is 0 Å². The molecule has 7 heteroatoms. The Morgan fingerprint density at radius 3 is 2.38 bits per heavy atom. The molecular formula is C19H19N3O4. The first-order chi connectivity index (χ1) is 12.6. The average molecular weight is 353 g/mol. The number of nitrogens with zero attached hydrogens (tertiary/aromatic N) is 1. The van der Waals surface area contributed by atoms with Crippen LogP contribution in [0.5, 0.6) is 11.5 Å². The van der Waals surface area contributed by atoms with Gasteiger partial charge in [0.15, 0.2) is 18.1 Å². The van der Waals surface area contributed by atoms with E-state index in [0.29, 0.717) is 23.7 Å². The van der Waals surface area contributed by atoms with Gasteiger partial charge in [0.05, 0.1) is 13.2 Å². The molecule has 0 heterocycles. The summed E-state index contributed by atoms with van der Waals surface area (Å²) in [5.41, 5.74) is 1.48. The maximum atomic E-state index is 12.0. The van der Waals surface area contributed by atoms with E-state index < -0.39 is 0 Å². The van der Waals surface area contributed by atoms with Crippen molar-refractivity contribution >= 4 is 17.5 Å². The highest BCUT2D eigenvalue weighted by Crippen LogP contribution is 2.25. The molecule has 0 aliphatic carbocycles. The smallest absolute Gasteiger partial charge is 0.262 e. The summed E-state index contributed by atoms with van der Waals surface area (Å²) in [6.45, 7) is 0.179. The van der Waals surface area contributed by atoms with Crippen molar-refractivity contribution in [2.45, 2.75) is 13.0 Å². The number of rotatable bonds is 8. The molecule has 2 amide bonds. The molecule has 0 saturated carbocycles. The molecule has 26 heavy (non-hydrogen) atoms. The molecule has 0 fully saturated rings. The molecule has 0 bridgehead atoms. The summed E-state index contributed by atoms with van der Waals surface area (Å²) in [6.07, 6.45) is -0.166.